The standard InChI is InChI=1S/C76H96O2P2/c1-69(2,3)51-37-52(70(4,5)6)42-59(41-51)79(77,60-43-53(71(7,8)9)38-54(44-60)72(10,11)12)65-35-33-49-29-25-27-31-63(49)67(65)68-64-32-28-26-30-50(64)34-36-66(68)80(78,61-45-55(73(13,14)15)39-56(46-61)74(16,17)18)62-47-57(75(19,20)21)40-58(48-62)76(22,23)24/h25-48H,1-24H3. The third-order valence-corrected chi connectivity index (χ3v) is 22.8. The maximum Gasteiger partial charge on any atom is 0.171 e. The van der Waals surface area contributed by atoms with Crippen molar-refractivity contribution in [3.8, 4) is 11.1 Å². The van der Waals surface area contributed by atoms with Gasteiger partial charge in [0.05, 0.1) is 0 Å². The molecule has 8 rings (SSSR count). The Kier molecular flexibility index (Phi) is 15.4. The van der Waals surface area contributed by atoms with E-state index in [-0.39, 0.29) is 43.3 Å². The molecule has 0 bridgehead atoms. The van der Waals surface area contributed by atoms with Gasteiger partial charge in [0.15, 0.2) is 14.3 Å². The molecule has 0 heterocycles. The molecule has 8 aromatic carbocycles. The molecular formula is C76H96O2P2. The smallest absolute Gasteiger partial charge is 0.171 e. The normalized spacial score (nSPS) is 13.8. The van der Waals surface area contributed by atoms with Crippen LogP contribution in [-0.2, 0) is 52.5 Å². The monoisotopic (exact) mass is 1100 g/mol. The van der Waals surface area contributed by atoms with Crippen molar-refractivity contribution in [1.29, 1.82) is 0 Å². The Labute approximate surface area is 484 Å². The molecule has 0 radical (unpaired) electrons. The van der Waals surface area contributed by atoms with Crippen LogP contribution in [0.5, 0.6) is 0 Å². The molecule has 0 amide bonds. The van der Waals surface area contributed by atoms with E-state index < -0.39 is 14.3 Å². The van der Waals surface area contributed by atoms with E-state index in [1.807, 2.05) is 0 Å². The summed E-state index contributed by atoms with van der Waals surface area (Å²) in [6, 6.07) is 53.5. The zero-order valence-corrected chi connectivity index (χ0v) is 55.4. The van der Waals surface area contributed by atoms with Crippen molar-refractivity contribution in [1.82, 2.24) is 0 Å². The van der Waals surface area contributed by atoms with Crippen LogP contribution in [0.1, 0.15) is 211 Å². The molecule has 0 aliphatic rings. The summed E-state index contributed by atoms with van der Waals surface area (Å²) in [4.78, 5) is 0. The van der Waals surface area contributed by atoms with E-state index in [0.29, 0.717) is 0 Å². The highest BCUT2D eigenvalue weighted by Gasteiger charge is 2.42. The fourth-order valence-electron chi connectivity index (χ4n) is 11.1. The molecule has 0 aliphatic heterocycles. The predicted molar refractivity (Wildman–Crippen MR) is 355 cm³/mol. The van der Waals surface area contributed by atoms with Crippen LogP contribution in [0, 0.1) is 0 Å². The second-order valence-electron chi connectivity index (χ2n) is 31.7. The third kappa shape index (κ3) is 11.7. The number of fused-ring (bicyclic) bond motifs is 2. The highest BCUT2D eigenvalue weighted by atomic mass is 31.2. The number of rotatable bonds is 7. The highest BCUT2D eigenvalue weighted by molar-refractivity contribution is 7.86. The Morgan fingerprint density at radius 3 is 0.613 bits per heavy atom. The van der Waals surface area contributed by atoms with Crippen LogP contribution in [0.2, 0.25) is 0 Å². The molecule has 0 atom stereocenters. The van der Waals surface area contributed by atoms with Gasteiger partial charge in [0, 0.05) is 43.0 Å². The molecule has 0 aromatic heterocycles. The van der Waals surface area contributed by atoms with Gasteiger partial charge in [-0.15, -0.1) is 0 Å². The van der Waals surface area contributed by atoms with Gasteiger partial charge in [-0.05, 0) is 170 Å². The predicted octanol–water partition coefficient (Wildman–Crippen LogP) is 19.3. The first-order valence-electron chi connectivity index (χ1n) is 29.4. The van der Waals surface area contributed by atoms with E-state index in [2.05, 4.69) is 312 Å². The highest BCUT2D eigenvalue weighted by Crippen LogP contribution is 2.54. The lowest BCUT2D eigenvalue weighted by molar-refractivity contribution is 0.567. The lowest BCUT2D eigenvalue weighted by Gasteiger charge is -2.34. The van der Waals surface area contributed by atoms with E-state index in [4.69, 9.17) is 0 Å². The van der Waals surface area contributed by atoms with Crippen molar-refractivity contribution < 1.29 is 9.13 Å². The summed E-state index contributed by atoms with van der Waals surface area (Å²) in [5.41, 5.74) is 8.80. The maximum atomic E-state index is 18.8. The van der Waals surface area contributed by atoms with Crippen LogP contribution in [0.3, 0.4) is 0 Å². The quantitative estimate of drug-likeness (QED) is 0.149. The van der Waals surface area contributed by atoms with Crippen molar-refractivity contribution >= 4 is 67.7 Å². The largest absolute Gasteiger partial charge is 0.309 e. The molecule has 80 heavy (non-hydrogen) atoms. The van der Waals surface area contributed by atoms with Crippen LogP contribution >= 0.6 is 14.3 Å². The van der Waals surface area contributed by atoms with E-state index in [1.165, 1.54) is 0 Å². The Morgan fingerprint density at radius 1 is 0.237 bits per heavy atom. The van der Waals surface area contributed by atoms with Gasteiger partial charge < -0.3 is 9.13 Å². The molecule has 0 N–H and O–H groups in total. The summed E-state index contributed by atoms with van der Waals surface area (Å²) >= 11 is 0. The zero-order chi connectivity index (χ0) is 59.5. The van der Waals surface area contributed by atoms with Crippen molar-refractivity contribution in [2.24, 2.45) is 0 Å². The second kappa shape index (κ2) is 20.3. The molecule has 0 saturated heterocycles. The van der Waals surface area contributed by atoms with E-state index >= 15 is 9.13 Å². The van der Waals surface area contributed by atoms with Gasteiger partial charge >= 0.3 is 0 Å². The summed E-state index contributed by atoms with van der Waals surface area (Å²) in [6.45, 7) is 54.4. The first kappa shape index (κ1) is 60.8. The minimum Gasteiger partial charge on any atom is -0.309 e. The zero-order valence-electron chi connectivity index (χ0n) is 53.6. The first-order valence-corrected chi connectivity index (χ1v) is 32.8. The SMILES string of the molecule is CC(C)(C)c1cc(C(C)(C)C)cc(P(=O)(c2cc(C(C)(C)C)cc(C(C)(C)C)c2)c2ccc3ccccc3c2-c2c(P(=O)(c3cc(C(C)(C)C)cc(C(C)(C)C)c3)c3cc(C(C)(C)C)cc(C(C)(C)C)c3)ccc3ccccc23)c1. The van der Waals surface area contributed by atoms with Crippen LogP contribution < -0.4 is 31.8 Å². The van der Waals surface area contributed by atoms with E-state index in [0.717, 1.165) is 109 Å². The van der Waals surface area contributed by atoms with Gasteiger partial charge in [0.2, 0.25) is 0 Å². The Balaban J connectivity index is 1.71. The van der Waals surface area contributed by atoms with Crippen LogP contribution in [0.4, 0.5) is 0 Å². The van der Waals surface area contributed by atoms with Gasteiger partial charge in [-0.25, -0.2) is 0 Å². The van der Waals surface area contributed by atoms with Crippen LogP contribution in [0.15, 0.2) is 146 Å². The lowest BCUT2D eigenvalue weighted by atomic mass is 9.81. The van der Waals surface area contributed by atoms with Gasteiger partial charge in [0.25, 0.3) is 0 Å². The van der Waals surface area contributed by atoms with Gasteiger partial charge in [-0.3, -0.25) is 0 Å². The van der Waals surface area contributed by atoms with Crippen LogP contribution in [-0.4, -0.2) is 0 Å². The summed E-state index contributed by atoms with van der Waals surface area (Å²) in [6.07, 6.45) is 0. The summed E-state index contributed by atoms with van der Waals surface area (Å²) in [5, 5.41) is 8.72. The fourth-order valence-corrected chi connectivity index (χ4v) is 17.0. The van der Waals surface area contributed by atoms with Crippen molar-refractivity contribution in [2.75, 3.05) is 0 Å². The average Bonchev–Trinajstić information content (AvgIpc) is 3.35. The minimum atomic E-state index is -3.97. The summed E-state index contributed by atoms with van der Waals surface area (Å²) < 4.78 is 37.5. The Hall–Kier alpha value is -5.26. The topological polar surface area (TPSA) is 34.1 Å². The molecule has 8 aromatic rings. The summed E-state index contributed by atoms with van der Waals surface area (Å²) in [5.74, 6) is 0. The van der Waals surface area contributed by atoms with E-state index in [1.54, 1.807) is 0 Å². The molecule has 0 unspecified atom stereocenters. The second-order valence-corrected chi connectivity index (χ2v) is 37.1. The lowest BCUT2D eigenvalue weighted by Crippen LogP contribution is -2.33. The van der Waals surface area contributed by atoms with E-state index in [9.17, 15) is 0 Å². The Morgan fingerprint density at radius 2 is 0.425 bits per heavy atom. The minimum absolute atomic E-state index is 0.257. The van der Waals surface area contributed by atoms with Crippen molar-refractivity contribution in [3.63, 3.8) is 0 Å². The van der Waals surface area contributed by atoms with Gasteiger partial charge in [-0.1, -0.05) is 251 Å². The number of hydrogen-bond acceptors (Lipinski definition) is 2. The molecule has 4 heteroatoms. The Bertz CT molecular complexity index is 3250. The number of hydrogen-bond donors (Lipinski definition) is 0. The van der Waals surface area contributed by atoms with Crippen molar-refractivity contribution in [2.45, 2.75) is 209 Å². The number of benzene rings is 8. The molecule has 0 spiro atoms. The molecular weight excluding hydrogens is 1010 g/mol. The molecule has 422 valence electrons. The van der Waals surface area contributed by atoms with Gasteiger partial charge in [-0.2, -0.15) is 0 Å². The maximum absolute atomic E-state index is 18.8. The molecule has 0 saturated carbocycles. The third-order valence-electron chi connectivity index (χ3n) is 16.8. The molecule has 0 aliphatic carbocycles. The van der Waals surface area contributed by atoms with Crippen molar-refractivity contribution in [3.05, 3.63) is 190 Å². The van der Waals surface area contributed by atoms with Gasteiger partial charge in [0.1, 0.15) is 0 Å². The first-order chi connectivity index (χ1) is 36.4. The average molecular weight is 1100 g/mol. The summed E-state index contributed by atoms with van der Waals surface area (Å²) in [7, 11) is -7.95. The molecule has 0 fully saturated rings. The molecule has 2 nitrogen and oxygen atoms in total. The van der Waals surface area contributed by atoms with Crippen LogP contribution in [0.25, 0.3) is 32.7 Å². The fraction of sp³-hybridized carbons (Fsp3) is 0.421.